The maximum atomic E-state index is 5.80. The summed E-state index contributed by atoms with van der Waals surface area (Å²) in [6.07, 6.45) is 4.69. The minimum absolute atomic E-state index is 0.0467. The molecular formula is C17H20N4. The van der Waals surface area contributed by atoms with Gasteiger partial charge in [-0.3, -0.25) is 11.3 Å². The molecule has 0 saturated heterocycles. The molecule has 0 aliphatic carbocycles. The number of nitrogens with one attached hydrogen (secondary N) is 1. The Kier molecular flexibility index (Phi) is 3.73. The Labute approximate surface area is 124 Å². The summed E-state index contributed by atoms with van der Waals surface area (Å²) < 4.78 is 1.88. The van der Waals surface area contributed by atoms with E-state index in [1.807, 2.05) is 29.0 Å². The van der Waals surface area contributed by atoms with Crippen molar-refractivity contribution in [2.75, 3.05) is 0 Å². The molecule has 2 aromatic heterocycles. The highest BCUT2D eigenvalue weighted by molar-refractivity contribution is 5.55. The number of fused-ring (bicyclic) bond motifs is 1. The lowest BCUT2D eigenvalue weighted by atomic mass is 9.96. The molecule has 108 valence electrons. The predicted octanol–water partition coefficient (Wildman–Crippen LogP) is 2.70. The van der Waals surface area contributed by atoms with Gasteiger partial charge in [0, 0.05) is 11.8 Å². The highest BCUT2D eigenvalue weighted by Gasteiger charge is 2.16. The van der Waals surface area contributed by atoms with Crippen LogP contribution in [0.25, 0.3) is 5.52 Å². The van der Waals surface area contributed by atoms with Crippen LogP contribution in [0.2, 0.25) is 0 Å². The molecule has 4 nitrogen and oxygen atoms in total. The first-order valence-electron chi connectivity index (χ1n) is 7.13. The summed E-state index contributed by atoms with van der Waals surface area (Å²) in [6.45, 7) is 4.25. The van der Waals surface area contributed by atoms with E-state index in [4.69, 9.17) is 5.84 Å². The van der Waals surface area contributed by atoms with Crippen LogP contribution in [0.4, 0.5) is 0 Å². The van der Waals surface area contributed by atoms with Gasteiger partial charge in [-0.05, 0) is 43.5 Å². The molecule has 3 N–H and O–H groups in total. The number of rotatable bonds is 4. The van der Waals surface area contributed by atoms with Crippen molar-refractivity contribution in [2.45, 2.75) is 26.3 Å². The highest BCUT2D eigenvalue weighted by Crippen LogP contribution is 2.24. The smallest absolute Gasteiger partial charge is 0.0710 e. The van der Waals surface area contributed by atoms with Gasteiger partial charge in [-0.1, -0.05) is 29.8 Å². The van der Waals surface area contributed by atoms with Gasteiger partial charge < -0.3 is 0 Å². The second-order valence-corrected chi connectivity index (χ2v) is 5.48. The second-order valence-electron chi connectivity index (χ2n) is 5.48. The molecule has 1 atom stereocenters. The SMILES string of the molecule is Cc1ccc(C)c(CC(NN)c2cnn3ccccc23)c1. The van der Waals surface area contributed by atoms with Gasteiger partial charge in [0.2, 0.25) is 0 Å². The molecular weight excluding hydrogens is 260 g/mol. The number of pyridine rings is 1. The fourth-order valence-corrected chi connectivity index (χ4v) is 2.72. The standard InChI is InChI=1S/C17H20N4/c1-12-6-7-13(2)14(9-12)10-16(20-18)15-11-19-21-8-4-3-5-17(15)21/h3-9,11,16,20H,10,18H2,1-2H3. The molecule has 3 rings (SSSR count). The van der Waals surface area contributed by atoms with E-state index in [-0.39, 0.29) is 6.04 Å². The van der Waals surface area contributed by atoms with Crippen LogP contribution in [-0.2, 0) is 6.42 Å². The number of nitrogens with two attached hydrogens (primary N) is 1. The number of benzene rings is 1. The number of aromatic nitrogens is 2. The molecule has 21 heavy (non-hydrogen) atoms. The third-order valence-electron chi connectivity index (χ3n) is 3.96. The van der Waals surface area contributed by atoms with Crippen molar-refractivity contribution < 1.29 is 0 Å². The van der Waals surface area contributed by atoms with Crippen molar-refractivity contribution in [3.05, 3.63) is 71.0 Å². The first-order chi connectivity index (χ1) is 10.2. The van der Waals surface area contributed by atoms with E-state index in [9.17, 15) is 0 Å². The molecule has 3 aromatic rings. The van der Waals surface area contributed by atoms with E-state index in [1.54, 1.807) is 0 Å². The molecule has 0 saturated carbocycles. The Balaban J connectivity index is 1.97. The first kappa shape index (κ1) is 13.8. The molecule has 0 spiro atoms. The van der Waals surface area contributed by atoms with E-state index in [1.165, 1.54) is 16.7 Å². The van der Waals surface area contributed by atoms with Crippen molar-refractivity contribution >= 4 is 5.52 Å². The van der Waals surface area contributed by atoms with Gasteiger partial charge in [0.1, 0.15) is 0 Å². The van der Waals surface area contributed by atoms with E-state index in [0.717, 1.165) is 17.5 Å². The van der Waals surface area contributed by atoms with E-state index < -0.39 is 0 Å². The molecule has 0 amide bonds. The maximum Gasteiger partial charge on any atom is 0.0710 e. The maximum absolute atomic E-state index is 5.80. The van der Waals surface area contributed by atoms with Gasteiger partial charge in [0.15, 0.2) is 0 Å². The van der Waals surface area contributed by atoms with Crippen molar-refractivity contribution in [1.82, 2.24) is 15.0 Å². The molecule has 0 fully saturated rings. The third-order valence-corrected chi connectivity index (χ3v) is 3.96. The lowest BCUT2D eigenvalue weighted by molar-refractivity contribution is 0.554. The van der Waals surface area contributed by atoms with Crippen LogP contribution in [0.5, 0.6) is 0 Å². The lowest BCUT2D eigenvalue weighted by Crippen LogP contribution is -2.29. The van der Waals surface area contributed by atoms with Gasteiger partial charge in [-0.2, -0.15) is 5.10 Å². The number of nitrogens with zero attached hydrogens (tertiary/aromatic N) is 2. The molecule has 1 aromatic carbocycles. The average Bonchev–Trinajstić information content (AvgIpc) is 2.92. The molecule has 0 bridgehead atoms. The summed E-state index contributed by atoms with van der Waals surface area (Å²) in [5.41, 5.74) is 9.02. The molecule has 1 unspecified atom stereocenters. The van der Waals surface area contributed by atoms with Crippen LogP contribution < -0.4 is 11.3 Å². The minimum Gasteiger partial charge on any atom is -0.271 e. The third kappa shape index (κ3) is 2.68. The Morgan fingerprint density at radius 2 is 2.10 bits per heavy atom. The number of hydrazine groups is 1. The number of hydrogen-bond acceptors (Lipinski definition) is 3. The quantitative estimate of drug-likeness (QED) is 0.570. The zero-order chi connectivity index (χ0) is 14.8. The summed E-state index contributed by atoms with van der Waals surface area (Å²) in [5, 5.41) is 4.39. The van der Waals surface area contributed by atoms with Gasteiger partial charge >= 0.3 is 0 Å². The molecule has 0 aliphatic rings. The summed E-state index contributed by atoms with van der Waals surface area (Å²) in [6, 6.07) is 12.6. The molecule has 0 aliphatic heterocycles. The predicted molar refractivity (Wildman–Crippen MR) is 84.9 cm³/mol. The Bertz CT molecular complexity index is 760. The molecule has 0 radical (unpaired) electrons. The molecule has 4 heteroatoms. The van der Waals surface area contributed by atoms with Gasteiger partial charge in [0.05, 0.1) is 17.8 Å². The molecule has 2 heterocycles. The van der Waals surface area contributed by atoms with E-state index in [2.05, 4.69) is 48.6 Å². The zero-order valence-corrected chi connectivity index (χ0v) is 12.4. The fraction of sp³-hybridized carbons (Fsp3) is 0.235. The van der Waals surface area contributed by atoms with Crippen molar-refractivity contribution in [2.24, 2.45) is 5.84 Å². The monoisotopic (exact) mass is 280 g/mol. The summed E-state index contributed by atoms with van der Waals surface area (Å²) in [7, 11) is 0. The topological polar surface area (TPSA) is 55.3 Å². The van der Waals surface area contributed by atoms with Crippen LogP contribution in [-0.4, -0.2) is 9.61 Å². The van der Waals surface area contributed by atoms with Gasteiger partial charge in [0.25, 0.3) is 0 Å². The van der Waals surface area contributed by atoms with Crippen molar-refractivity contribution in [3.8, 4) is 0 Å². The van der Waals surface area contributed by atoms with Crippen LogP contribution in [0, 0.1) is 13.8 Å². The number of aryl methyl sites for hydroxylation is 2. The number of hydrogen-bond donors (Lipinski definition) is 2. The summed E-state index contributed by atoms with van der Waals surface area (Å²) >= 11 is 0. The second kappa shape index (κ2) is 5.68. The normalized spacial score (nSPS) is 12.7. The zero-order valence-electron chi connectivity index (χ0n) is 12.4. The lowest BCUT2D eigenvalue weighted by Gasteiger charge is -2.17. The van der Waals surface area contributed by atoms with Gasteiger partial charge in [-0.25, -0.2) is 4.52 Å². The summed E-state index contributed by atoms with van der Waals surface area (Å²) in [5.74, 6) is 5.80. The van der Waals surface area contributed by atoms with E-state index in [0.29, 0.717) is 0 Å². The van der Waals surface area contributed by atoms with Crippen LogP contribution in [0.1, 0.15) is 28.3 Å². The first-order valence-corrected chi connectivity index (χ1v) is 7.13. The Morgan fingerprint density at radius 1 is 1.24 bits per heavy atom. The van der Waals surface area contributed by atoms with E-state index >= 15 is 0 Å². The summed E-state index contributed by atoms with van der Waals surface area (Å²) in [4.78, 5) is 0. The largest absolute Gasteiger partial charge is 0.271 e. The van der Waals surface area contributed by atoms with Crippen LogP contribution >= 0.6 is 0 Å². The van der Waals surface area contributed by atoms with Crippen LogP contribution in [0.15, 0.2) is 48.8 Å². The van der Waals surface area contributed by atoms with Crippen molar-refractivity contribution in [1.29, 1.82) is 0 Å². The Morgan fingerprint density at radius 3 is 2.90 bits per heavy atom. The minimum atomic E-state index is 0.0467. The highest BCUT2D eigenvalue weighted by atomic mass is 15.3. The van der Waals surface area contributed by atoms with Gasteiger partial charge in [-0.15, -0.1) is 0 Å². The average molecular weight is 280 g/mol. The van der Waals surface area contributed by atoms with Crippen LogP contribution in [0.3, 0.4) is 0 Å². The van der Waals surface area contributed by atoms with Crippen molar-refractivity contribution in [3.63, 3.8) is 0 Å². The fourth-order valence-electron chi connectivity index (χ4n) is 2.72. The Hall–Kier alpha value is -2.17.